The third kappa shape index (κ3) is 2.70. The van der Waals surface area contributed by atoms with Crippen LogP contribution in [0.5, 0.6) is 0 Å². The van der Waals surface area contributed by atoms with Crippen molar-refractivity contribution in [2.45, 2.75) is 37.8 Å². The highest BCUT2D eigenvalue weighted by molar-refractivity contribution is 5.92. The molecule has 7 nitrogen and oxygen atoms in total. The summed E-state index contributed by atoms with van der Waals surface area (Å²) in [5, 5.41) is 8.66. The van der Waals surface area contributed by atoms with Crippen LogP contribution in [0.4, 0.5) is 0 Å². The normalized spacial score (nSPS) is 23.6. The number of likely N-dealkylation sites (tertiary alicyclic amines) is 1. The van der Waals surface area contributed by atoms with Gasteiger partial charge in [-0.1, -0.05) is 0 Å². The van der Waals surface area contributed by atoms with Crippen molar-refractivity contribution < 1.29 is 23.9 Å². The number of hydrogen-bond donors (Lipinski definition) is 1. The second-order valence-electron chi connectivity index (χ2n) is 5.77. The Labute approximate surface area is 127 Å². The van der Waals surface area contributed by atoms with Crippen molar-refractivity contribution in [1.29, 1.82) is 0 Å². The lowest BCUT2D eigenvalue weighted by Gasteiger charge is -2.40. The molecule has 1 N–H and O–H groups in total. The van der Waals surface area contributed by atoms with E-state index in [0.717, 1.165) is 12.8 Å². The first-order chi connectivity index (χ1) is 10.6. The Morgan fingerprint density at radius 3 is 2.41 bits per heavy atom. The van der Waals surface area contributed by atoms with Gasteiger partial charge < -0.3 is 19.3 Å². The summed E-state index contributed by atoms with van der Waals surface area (Å²) in [5.74, 6) is -0.926. The minimum atomic E-state index is -0.969. The molecule has 0 aliphatic carbocycles. The van der Waals surface area contributed by atoms with Gasteiger partial charge in [0.05, 0.1) is 24.8 Å². The predicted molar refractivity (Wildman–Crippen MR) is 75.1 cm³/mol. The molecular formula is C15H18N2O5. The van der Waals surface area contributed by atoms with Gasteiger partial charge in [-0.15, -0.1) is 0 Å². The zero-order chi connectivity index (χ0) is 15.7. The molecule has 0 spiro atoms. The van der Waals surface area contributed by atoms with Gasteiger partial charge in [-0.25, -0.2) is 0 Å². The van der Waals surface area contributed by atoms with Gasteiger partial charge in [-0.3, -0.25) is 14.4 Å². The van der Waals surface area contributed by atoms with E-state index in [1.807, 2.05) is 4.90 Å². The number of furan rings is 1. The molecule has 1 aromatic rings. The number of rotatable bonds is 4. The fourth-order valence-corrected chi connectivity index (χ4v) is 3.34. The summed E-state index contributed by atoms with van der Waals surface area (Å²) in [6, 6.07) is 3.31. The SMILES string of the molecule is O=C(O)CCC(=O)N1CC2CCC(C1)N2C(=O)c1ccco1. The van der Waals surface area contributed by atoms with Gasteiger partial charge in [-0.2, -0.15) is 0 Å². The number of fused-ring (bicyclic) bond motifs is 2. The van der Waals surface area contributed by atoms with E-state index in [1.165, 1.54) is 6.26 Å². The zero-order valence-electron chi connectivity index (χ0n) is 12.1. The van der Waals surface area contributed by atoms with Gasteiger partial charge >= 0.3 is 5.97 Å². The van der Waals surface area contributed by atoms with Crippen LogP contribution < -0.4 is 0 Å². The van der Waals surface area contributed by atoms with E-state index in [1.54, 1.807) is 17.0 Å². The van der Waals surface area contributed by atoms with E-state index < -0.39 is 5.97 Å². The molecule has 3 heterocycles. The lowest BCUT2D eigenvalue weighted by molar-refractivity contribution is -0.141. The van der Waals surface area contributed by atoms with Crippen LogP contribution in [0.15, 0.2) is 22.8 Å². The first kappa shape index (κ1) is 14.6. The summed E-state index contributed by atoms with van der Waals surface area (Å²) in [4.78, 5) is 38.6. The fraction of sp³-hybridized carbons (Fsp3) is 0.533. The molecule has 3 rings (SSSR count). The second kappa shape index (κ2) is 5.82. The van der Waals surface area contributed by atoms with Gasteiger partial charge in [0, 0.05) is 19.5 Å². The summed E-state index contributed by atoms with van der Waals surface area (Å²) < 4.78 is 5.18. The Hall–Kier alpha value is -2.31. The minimum absolute atomic E-state index is 0.00914. The number of carbonyl (C=O) groups excluding carboxylic acids is 2. The summed E-state index contributed by atoms with van der Waals surface area (Å²) in [6.07, 6.45) is 3.06. The third-order valence-corrected chi connectivity index (χ3v) is 4.35. The van der Waals surface area contributed by atoms with Crippen molar-refractivity contribution in [3.8, 4) is 0 Å². The Morgan fingerprint density at radius 1 is 1.18 bits per heavy atom. The molecule has 118 valence electrons. The number of carboxylic acids is 1. The molecule has 2 bridgehead atoms. The van der Waals surface area contributed by atoms with E-state index >= 15 is 0 Å². The number of piperazine rings is 1. The highest BCUT2D eigenvalue weighted by Gasteiger charge is 2.44. The van der Waals surface area contributed by atoms with E-state index in [2.05, 4.69) is 0 Å². The predicted octanol–water partition coefficient (Wildman–Crippen LogP) is 0.960. The Morgan fingerprint density at radius 2 is 1.86 bits per heavy atom. The van der Waals surface area contributed by atoms with Crippen LogP contribution in [-0.4, -0.2) is 57.9 Å². The maximum Gasteiger partial charge on any atom is 0.303 e. The van der Waals surface area contributed by atoms with Crippen LogP contribution in [0.3, 0.4) is 0 Å². The van der Waals surface area contributed by atoms with Crippen LogP contribution in [0.1, 0.15) is 36.2 Å². The van der Waals surface area contributed by atoms with Gasteiger partial charge in [0.2, 0.25) is 5.91 Å². The molecule has 2 unspecified atom stereocenters. The maximum atomic E-state index is 12.5. The van der Waals surface area contributed by atoms with Gasteiger partial charge in [0.25, 0.3) is 5.91 Å². The van der Waals surface area contributed by atoms with Crippen LogP contribution in [0, 0.1) is 0 Å². The molecule has 0 saturated carbocycles. The quantitative estimate of drug-likeness (QED) is 0.894. The molecule has 2 atom stereocenters. The number of nitrogens with zero attached hydrogens (tertiary/aromatic N) is 2. The highest BCUT2D eigenvalue weighted by atomic mass is 16.4. The number of carboxylic acid groups (broad SMARTS) is 1. The first-order valence-electron chi connectivity index (χ1n) is 7.42. The van der Waals surface area contributed by atoms with E-state index in [9.17, 15) is 14.4 Å². The Balaban J connectivity index is 1.65. The van der Waals surface area contributed by atoms with E-state index in [4.69, 9.17) is 9.52 Å². The number of carbonyl (C=O) groups is 3. The van der Waals surface area contributed by atoms with Crippen LogP contribution in [0.2, 0.25) is 0 Å². The number of amides is 2. The molecule has 2 aliphatic rings. The highest BCUT2D eigenvalue weighted by Crippen LogP contribution is 2.32. The summed E-state index contributed by atoms with van der Waals surface area (Å²) in [7, 11) is 0. The fourth-order valence-electron chi connectivity index (χ4n) is 3.34. The molecule has 2 fully saturated rings. The molecule has 1 aromatic heterocycles. The van der Waals surface area contributed by atoms with Crippen molar-refractivity contribution in [2.24, 2.45) is 0 Å². The average Bonchev–Trinajstić information content (AvgIpc) is 3.11. The van der Waals surface area contributed by atoms with Gasteiger partial charge in [0.1, 0.15) is 0 Å². The molecule has 22 heavy (non-hydrogen) atoms. The van der Waals surface area contributed by atoms with Crippen molar-refractivity contribution >= 4 is 17.8 Å². The number of aliphatic carboxylic acids is 1. The van der Waals surface area contributed by atoms with Crippen molar-refractivity contribution in [3.63, 3.8) is 0 Å². The van der Waals surface area contributed by atoms with Crippen LogP contribution >= 0.6 is 0 Å². The monoisotopic (exact) mass is 306 g/mol. The second-order valence-corrected chi connectivity index (χ2v) is 5.77. The Kier molecular flexibility index (Phi) is 3.87. The van der Waals surface area contributed by atoms with Crippen molar-refractivity contribution in [2.75, 3.05) is 13.1 Å². The molecule has 0 radical (unpaired) electrons. The van der Waals surface area contributed by atoms with Crippen molar-refractivity contribution in [1.82, 2.24) is 9.80 Å². The lowest BCUT2D eigenvalue weighted by Crippen LogP contribution is -2.57. The largest absolute Gasteiger partial charge is 0.481 e. The molecule has 2 amide bonds. The molecule has 7 heteroatoms. The lowest BCUT2D eigenvalue weighted by atomic mass is 10.1. The van der Waals surface area contributed by atoms with E-state index in [0.29, 0.717) is 18.8 Å². The summed E-state index contributed by atoms with van der Waals surface area (Å²) >= 11 is 0. The average molecular weight is 306 g/mol. The maximum absolute atomic E-state index is 12.5. The summed E-state index contributed by atoms with van der Waals surface area (Å²) in [6.45, 7) is 0.947. The smallest absolute Gasteiger partial charge is 0.303 e. The standard InChI is InChI=1S/C15H18N2O5/c18-13(5-6-14(19)20)16-8-10-3-4-11(9-16)17(10)15(21)12-2-1-7-22-12/h1-2,7,10-11H,3-6,8-9H2,(H,19,20). The summed E-state index contributed by atoms with van der Waals surface area (Å²) in [5.41, 5.74) is 0. The van der Waals surface area contributed by atoms with Crippen LogP contribution in [0.25, 0.3) is 0 Å². The van der Waals surface area contributed by atoms with Gasteiger partial charge in [0.15, 0.2) is 5.76 Å². The molecular weight excluding hydrogens is 288 g/mol. The molecule has 0 aromatic carbocycles. The van der Waals surface area contributed by atoms with Crippen LogP contribution in [-0.2, 0) is 9.59 Å². The topological polar surface area (TPSA) is 91.1 Å². The zero-order valence-corrected chi connectivity index (χ0v) is 12.1. The van der Waals surface area contributed by atoms with E-state index in [-0.39, 0.29) is 36.7 Å². The molecule has 2 aliphatic heterocycles. The third-order valence-electron chi connectivity index (χ3n) is 4.35. The molecule has 2 saturated heterocycles. The minimum Gasteiger partial charge on any atom is -0.481 e. The first-order valence-corrected chi connectivity index (χ1v) is 7.42. The van der Waals surface area contributed by atoms with Crippen molar-refractivity contribution in [3.05, 3.63) is 24.2 Å². The van der Waals surface area contributed by atoms with Gasteiger partial charge in [-0.05, 0) is 25.0 Å². The Bertz CT molecular complexity index is 569. The number of hydrogen-bond acceptors (Lipinski definition) is 4.